The van der Waals surface area contributed by atoms with Crippen LogP contribution in [0.1, 0.15) is 29.0 Å². The highest BCUT2D eigenvalue weighted by atomic mass is 32.2. The van der Waals surface area contributed by atoms with E-state index >= 15 is 0 Å². The lowest BCUT2D eigenvalue weighted by atomic mass is 10.1. The van der Waals surface area contributed by atoms with E-state index in [-0.39, 0.29) is 16.8 Å². The average Bonchev–Trinajstić information content (AvgIpc) is 3.44. The van der Waals surface area contributed by atoms with Gasteiger partial charge in [0.1, 0.15) is 11.4 Å². The number of nitrogens with one attached hydrogen (secondary N) is 1. The molecule has 3 N–H and O–H groups in total. The number of thiophene rings is 1. The molecule has 1 atom stereocenters. The molecule has 9 heteroatoms. The Morgan fingerprint density at radius 2 is 1.77 bits per heavy atom. The molecule has 7 nitrogen and oxygen atoms in total. The molecular formula is C22H20N4O3S2. The second-order valence-corrected chi connectivity index (χ2v) is 9.46. The normalized spacial score (nSPS) is 12.5. The number of carbonyl (C=O) groups excluding carboxylic acids is 1. The fourth-order valence-corrected chi connectivity index (χ4v) is 4.35. The summed E-state index contributed by atoms with van der Waals surface area (Å²) in [5, 5.41) is 14.7. The van der Waals surface area contributed by atoms with Crippen LogP contribution in [0.5, 0.6) is 0 Å². The zero-order valence-electron chi connectivity index (χ0n) is 16.6. The Labute approximate surface area is 184 Å². The van der Waals surface area contributed by atoms with Crippen molar-refractivity contribution in [2.24, 2.45) is 5.14 Å². The van der Waals surface area contributed by atoms with Crippen molar-refractivity contribution in [3.8, 4) is 16.3 Å². The monoisotopic (exact) mass is 452 g/mol. The van der Waals surface area contributed by atoms with Gasteiger partial charge in [-0.15, -0.1) is 11.3 Å². The minimum atomic E-state index is -3.76. The maximum atomic E-state index is 13.1. The minimum Gasteiger partial charge on any atom is -0.344 e. The van der Waals surface area contributed by atoms with Crippen molar-refractivity contribution in [3.05, 3.63) is 89.4 Å². The summed E-state index contributed by atoms with van der Waals surface area (Å²) in [6, 6.07) is 20.9. The second kappa shape index (κ2) is 8.46. The van der Waals surface area contributed by atoms with Gasteiger partial charge in [-0.2, -0.15) is 5.10 Å². The van der Waals surface area contributed by atoms with Gasteiger partial charge in [-0.05, 0) is 54.3 Å². The van der Waals surface area contributed by atoms with Crippen molar-refractivity contribution in [3.63, 3.8) is 0 Å². The zero-order chi connectivity index (χ0) is 22.0. The Hall–Kier alpha value is -3.27. The van der Waals surface area contributed by atoms with Crippen LogP contribution in [0.4, 0.5) is 0 Å². The summed E-state index contributed by atoms with van der Waals surface area (Å²) in [6.07, 6.45) is 0. The van der Waals surface area contributed by atoms with Crippen molar-refractivity contribution in [1.29, 1.82) is 0 Å². The third kappa shape index (κ3) is 4.58. The van der Waals surface area contributed by atoms with Crippen molar-refractivity contribution in [2.45, 2.75) is 17.9 Å². The highest BCUT2D eigenvalue weighted by Gasteiger charge is 2.20. The third-order valence-corrected chi connectivity index (χ3v) is 6.59. The smallest absolute Gasteiger partial charge is 0.270 e. The number of benzene rings is 2. The zero-order valence-corrected chi connectivity index (χ0v) is 18.2. The minimum absolute atomic E-state index is 0.0255. The van der Waals surface area contributed by atoms with Crippen LogP contribution in [0, 0.1) is 0 Å². The summed E-state index contributed by atoms with van der Waals surface area (Å²) in [5.41, 5.74) is 2.65. The maximum absolute atomic E-state index is 13.1. The summed E-state index contributed by atoms with van der Waals surface area (Å²) in [5.74, 6) is -0.290. The first kappa shape index (κ1) is 21.0. The van der Waals surface area contributed by atoms with Crippen molar-refractivity contribution in [1.82, 2.24) is 15.1 Å². The number of carbonyl (C=O) groups is 1. The number of para-hydroxylation sites is 1. The predicted octanol–water partition coefficient (Wildman–Crippen LogP) is 3.74. The molecule has 158 valence electrons. The van der Waals surface area contributed by atoms with Gasteiger partial charge in [-0.1, -0.05) is 36.4 Å². The van der Waals surface area contributed by atoms with Crippen LogP contribution in [-0.4, -0.2) is 24.1 Å². The Morgan fingerprint density at radius 3 is 2.39 bits per heavy atom. The van der Waals surface area contributed by atoms with E-state index in [4.69, 9.17) is 5.14 Å². The van der Waals surface area contributed by atoms with E-state index in [0.717, 1.165) is 16.1 Å². The van der Waals surface area contributed by atoms with Crippen molar-refractivity contribution >= 4 is 27.3 Å². The van der Waals surface area contributed by atoms with E-state index in [0.29, 0.717) is 11.4 Å². The van der Waals surface area contributed by atoms with Crippen LogP contribution >= 0.6 is 11.3 Å². The molecule has 0 saturated heterocycles. The number of primary sulfonamides is 1. The molecule has 0 bridgehead atoms. The molecule has 2 aromatic heterocycles. The summed E-state index contributed by atoms with van der Waals surface area (Å²) < 4.78 is 24.5. The number of amides is 1. The largest absolute Gasteiger partial charge is 0.344 e. The molecule has 0 unspecified atom stereocenters. The van der Waals surface area contributed by atoms with E-state index < -0.39 is 10.0 Å². The molecule has 0 aliphatic carbocycles. The molecule has 4 aromatic rings. The molecule has 2 heterocycles. The number of rotatable bonds is 6. The Balaban J connectivity index is 1.63. The molecule has 1 amide bonds. The Bertz CT molecular complexity index is 1300. The Kier molecular flexibility index (Phi) is 5.73. The van der Waals surface area contributed by atoms with Gasteiger partial charge in [-0.25, -0.2) is 18.2 Å². The van der Waals surface area contributed by atoms with E-state index in [9.17, 15) is 13.2 Å². The van der Waals surface area contributed by atoms with Gasteiger partial charge in [-0.3, -0.25) is 4.79 Å². The van der Waals surface area contributed by atoms with Crippen LogP contribution < -0.4 is 10.5 Å². The number of hydrogen-bond acceptors (Lipinski definition) is 5. The van der Waals surface area contributed by atoms with Crippen LogP contribution in [-0.2, 0) is 10.0 Å². The van der Waals surface area contributed by atoms with Crippen LogP contribution in [0.25, 0.3) is 16.3 Å². The molecule has 31 heavy (non-hydrogen) atoms. The topological polar surface area (TPSA) is 107 Å². The lowest BCUT2D eigenvalue weighted by molar-refractivity contribution is 0.0932. The number of nitrogens with two attached hydrogens (primary N) is 1. The number of aromatic nitrogens is 2. The molecular weight excluding hydrogens is 432 g/mol. The quantitative estimate of drug-likeness (QED) is 0.465. The molecule has 0 radical (unpaired) electrons. The van der Waals surface area contributed by atoms with E-state index in [1.54, 1.807) is 34.2 Å². The number of hydrogen-bond donors (Lipinski definition) is 2. The molecule has 4 rings (SSSR count). The van der Waals surface area contributed by atoms with Crippen LogP contribution in [0.2, 0.25) is 0 Å². The summed E-state index contributed by atoms with van der Waals surface area (Å²) in [4.78, 5) is 14.1. The maximum Gasteiger partial charge on any atom is 0.270 e. The number of sulfonamides is 1. The molecule has 0 aliphatic rings. The number of nitrogens with zero attached hydrogens (tertiary/aromatic N) is 2. The molecule has 2 aromatic carbocycles. The average molecular weight is 453 g/mol. The van der Waals surface area contributed by atoms with E-state index in [1.165, 1.54) is 12.1 Å². The van der Waals surface area contributed by atoms with Gasteiger partial charge < -0.3 is 5.32 Å². The standard InChI is InChI=1S/C22H20N4O3S2/c1-15(16-9-11-18(12-10-16)31(23,28)29)24-22(27)20-14-19(21-8-5-13-30-21)25-26(20)17-6-3-2-4-7-17/h2-15H,1H3,(H,24,27)(H2,23,28,29)/t15-/m1/s1. The summed E-state index contributed by atoms with van der Waals surface area (Å²) >= 11 is 1.55. The fourth-order valence-electron chi connectivity index (χ4n) is 3.15. The van der Waals surface area contributed by atoms with Gasteiger partial charge >= 0.3 is 0 Å². The Morgan fingerprint density at radius 1 is 1.06 bits per heavy atom. The van der Waals surface area contributed by atoms with Gasteiger partial charge in [0, 0.05) is 0 Å². The van der Waals surface area contributed by atoms with Gasteiger partial charge in [0.25, 0.3) is 5.91 Å². The van der Waals surface area contributed by atoms with Gasteiger partial charge in [0.2, 0.25) is 10.0 Å². The first-order chi connectivity index (χ1) is 14.8. The van der Waals surface area contributed by atoms with E-state index in [2.05, 4.69) is 10.4 Å². The van der Waals surface area contributed by atoms with Crippen molar-refractivity contribution < 1.29 is 13.2 Å². The summed E-state index contributed by atoms with van der Waals surface area (Å²) in [7, 11) is -3.76. The molecule has 0 aliphatic heterocycles. The first-order valence-electron chi connectivity index (χ1n) is 9.46. The lowest BCUT2D eigenvalue weighted by Gasteiger charge is -2.15. The van der Waals surface area contributed by atoms with Gasteiger partial charge in [0.15, 0.2) is 0 Å². The highest BCUT2D eigenvalue weighted by molar-refractivity contribution is 7.89. The predicted molar refractivity (Wildman–Crippen MR) is 121 cm³/mol. The van der Waals surface area contributed by atoms with Crippen molar-refractivity contribution in [2.75, 3.05) is 0 Å². The lowest BCUT2D eigenvalue weighted by Crippen LogP contribution is -2.28. The van der Waals surface area contributed by atoms with Crippen LogP contribution in [0.3, 0.4) is 0 Å². The highest BCUT2D eigenvalue weighted by Crippen LogP contribution is 2.26. The molecule has 0 fully saturated rings. The first-order valence-corrected chi connectivity index (χ1v) is 11.9. The molecule has 0 spiro atoms. The van der Waals surface area contributed by atoms with Gasteiger partial charge in [0.05, 0.1) is 21.5 Å². The molecule has 0 saturated carbocycles. The summed E-state index contributed by atoms with van der Waals surface area (Å²) in [6.45, 7) is 1.83. The fraction of sp³-hybridized carbons (Fsp3) is 0.0909. The van der Waals surface area contributed by atoms with E-state index in [1.807, 2.05) is 54.8 Å². The second-order valence-electron chi connectivity index (χ2n) is 6.95. The third-order valence-electron chi connectivity index (χ3n) is 4.77. The SMILES string of the molecule is C[C@@H](NC(=O)c1cc(-c2cccs2)nn1-c1ccccc1)c1ccc(S(N)(=O)=O)cc1. The van der Waals surface area contributed by atoms with Crippen LogP contribution in [0.15, 0.2) is 83.1 Å².